The number of amides is 3. The van der Waals surface area contributed by atoms with E-state index in [0.717, 1.165) is 21.7 Å². The summed E-state index contributed by atoms with van der Waals surface area (Å²) in [5.41, 5.74) is 14.2. The summed E-state index contributed by atoms with van der Waals surface area (Å²) in [6.07, 6.45) is 1.25. The zero-order valence-electron chi connectivity index (χ0n) is 21.6. The van der Waals surface area contributed by atoms with Crippen molar-refractivity contribution >= 4 is 23.7 Å². The number of rotatable bonds is 10. The van der Waals surface area contributed by atoms with Gasteiger partial charge < -0.3 is 31.4 Å². The summed E-state index contributed by atoms with van der Waals surface area (Å²) in [4.78, 5) is 51.3. The van der Waals surface area contributed by atoms with E-state index < -0.39 is 35.8 Å². The Bertz CT molecular complexity index is 1200. The number of carbonyl (C=O) groups is 4. The van der Waals surface area contributed by atoms with E-state index in [-0.39, 0.29) is 24.4 Å². The number of hydrogen-bond acceptors (Lipinski definition) is 8. The van der Waals surface area contributed by atoms with Crippen LogP contribution in [0.15, 0.2) is 66.0 Å². The second kappa shape index (κ2) is 12.7. The molecule has 7 N–H and O–H groups in total. The maximum Gasteiger partial charge on any atom is 0.355 e. The molecule has 11 heteroatoms. The Hall–Kier alpha value is -4.38. The van der Waals surface area contributed by atoms with Gasteiger partial charge in [0.1, 0.15) is 24.3 Å². The Balaban J connectivity index is 1.64. The number of hydrazine groups is 1. The van der Waals surface area contributed by atoms with Gasteiger partial charge in [0.05, 0.1) is 12.8 Å². The van der Waals surface area contributed by atoms with Gasteiger partial charge in [0.15, 0.2) is 0 Å². The molecule has 2 atom stereocenters. The number of benzene rings is 2. The molecule has 1 unspecified atom stereocenters. The molecule has 0 radical (unpaired) electrons. The highest BCUT2D eigenvalue weighted by Crippen LogP contribution is 2.21. The first-order valence-corrected chi connectivity index (χ1v) is 12.2. The average Bonchev–Trinajstić information content (AvgIpc) is 3.42. The SMILES string of the molecule is COC(=O)/C(N)=C(\C)N(N)CC(=O)N1CCCC1C(=O)N[C@H](Cc1ccc(-c2ccccc2)cc1)C(N)=O. The van der Waals surface area contributed by atoms with E-state index in [1.54, 1.807) is 0 Å². The molecular formula is C27H34N6O5. The van der Waals surface area contributed by atoms with Crippen LogP contribution in [0.1, 0.15) is 25.3 Å². The molecule has 0 bridgehead atoms. The molecule has 1 heterocycles. The summed E-state index contributed by atoms with van der Waals surface area (Å²) < 4.78 is 4.57. The van der Waals surface area contributed by atoms with Gasteiger partial charge in [-0.15, -0.1) is 0 Å². The third-order valence-corrected chi connectivity index (χ3v) is 6.57. The first-order chi connectivity index (χ1) is 18.1. The van der Waals surface area contributed by atoms with Gasteiger partial charge in [-0.1, -0.05) is 54.6 Å². The number of nitrogens with two attached hydrogens (primary N) is 3. The second-order valence-electron chi connectivity index (χ2n) is 9.09. The van der Waals surface area contributed by atoms with Crippen molar-refractivity contribution in [2.45, 2.75) is 38.3 Å². The molecule has 2 aromatic carbocycles. The molecule has 3 rings (SSSR count). The Morgan fingerprint density at radius 1 is 1.05 bits per heavy atom. The summed E-state index contributed by atoms with van der Waals surface area (Å²) in [7, 11) is 1.18. The van der Waals surface area contributed by atoms with Gasteiger partial charge in [-0.3, -0.25) is 14.4 Å². The number of primary amides is 1. The van der Waals surface area contributed by atoms with Crippen LogP contribution in [0.25, 0.3) is 11.1 Å². The van der Waals surface area contributed by atoms with E-state index in [0.29, 0.717) is 19.4 Å². The quantitative estimate of drug-likeness (QED) is 0.150. The predicted octanol–water partition coefficient (Wildman–Crippen LogP) is 0.396. The smallest absolute Gasteiger partial charge is 0.355 e. The fourth-order valence-corrected chi connectivity index (χ4v) is 4.30. The predicted molar refractivity (Wildman–Crippen MR) is 141 cm³/mol. The van der Waals surface area contributed by atoms with Crippen LogP contribution >= 0.6 is 0 Å². The van der Waals surface area contributed by atoms with E-state index in [1.807, 2.05) is 54.6 Å². The lowest BCUT2D eigenvalue weighted by Gasteiger charge is -2.28. The van der Waals surface area contributed by atoms with Crippen molar-refractivity contribution in [3.63, 3.8) is 0 Å². The lowest BCUT2D eigenvalue weighted by molar-refractivity contribution is -0.140. The first-order valence-electron chi connectivity index (χ1n) is 12.2. The van der Waals surface area contributed by atoms with Crippen molar-refractivity contribution in [1.82, 2.24) is 15.2 Å². The van der Waals surface area contributed by atoms with Crippen molar-refractivity contribution in [1.29, 1.82) is 0 Å². The van der Waals surface area contributed by atoms with Crippen LogP contribution in [0.4, 0.5) is 0 Å². The van der Waals surface area contributed by atoms with E-state index in [1.165, 1.54) is 18.9 Å². The number of allylic oxidation sites excluding steroid dienone is 1. The van der Waals surface area contributed by atoms with E-state index >= 15 is 0 Å². The van der Waals surface area contributed by atoms with Gasteiger partial charge in [-0.25, -0.2) is 10.6 Å². The molecular weight excluding hydrogens is 488 g/mol. The van der Waals surface area contributed by atoms with E-state index in [4.69, 9.17) is 17.3 Å². The Morgan fingerprint density at radius 2 is 1.68 bits per heavy atom. The lowest BCUT2D eigenvalue weighted by Crippen LogP contribution is -2.54. The Kier molecular flexibility index (Phi) is 9.44. The van der Waals surface area contributed by atoms with Gasteiger partial charge >= 0.3 is 5.97 Å². The summed E-state index contributed by atoms with van der Waals surface area (Å²) in [5.74, 6) is 3.60. The van der Waals surface area contributed by atoms with Crippen LogP contribution in [0, 0.1) is 0 Å². The summed E-state index contributed by atoms with van der Waals surface area (Å²) in [6, 6.07) is 15.8. The van der Waals surface area contributed by atoms with Crippen molar-refractivity contribution in [2.75, 3.05) is 20.2 Å². The maximum atomic E-state index is 13.1. The third kappa shape index (κ3) is 6.88. The molecule has 1 saturated heterocycles. The minimum absolute atomic E-state index is 0.164. The minimum atomic E-state index is -0.946. The number of nitrogens with one attached hydrogen (secondary N) is 1. The molecule has 0 aromatic heterocycles. The monoisotopic (exact) mass is 522 g/mol. The van der Waals surface area contributed by atoms with Crippen molar-refractivity contribution in [2.24, 2.45) is 17.3 Å². The average molecular weight is 523 g/mol. The van der Waals surface area contributed by atoms with Crippen LogP contribution in [0.2, 0.25) is 0 Å². The highest BCUT2D eigenvalue weighted by Gasteiger charge is 2.36. The third-order valence-electron chi connectivity index (χ3n) is 6.57. The van der Waals surface area contributed by atoms with Crippen molar-refractivity contribution < 1.29 is 23.9 Å². The number of nitrogens with zero attached hydrogens (tertiary/aromatic N) is 2. The number of ether oxygens (including phenoxy) is 1. The largest absolute Gasteiger partial charge is 0.464 e. The number of methoxy groups -OCH3 is 1. The molecule has 202 valence electrons. The molecule has 2 aromatic rings. The minimum Gasteiger partial charge on any atom is -0.464 e. The highest BCUT2D eigenvalue weighted by atomic mass is 16.5. The molecule has 0 aliphatic carbocycles. The molecule has 3 amide bonds. The number of esters is 1. The highest BCUT2D eigenvalue weighted by molar-refractivity contribution is 5.92. The van der Waals surface area contributed by atoms with Crippen molar-refractivity contribution in [3.05, 3.63) is 71.6 Å². The van der Waals surface area contributed by atoms with Gasteiger partial charge in [-0.2, -0.15) is 0 Å². The molecule has 0 spiro atoms. The standard InChI is InChI=1S/C27H34N6O5/c1-17(24(28)27(37)38-2)33(30)16-23(34)32-14-6-9-22(32)26(36)31-21(25(29)35)15-18-10-12-20(13-11-18)19-7-4-3-5-8-19/h3-5,7-8,10-13,21-22H,6,9,14-16,28,30H2,1-2H3,(H2,29,35)(H,31,36)/b24-17-/t21-,22?/m1/s1. The summed E-state index contributed by atoms with van der Waals surface area (Å²) >= 11 is 0. The molecule has 0 saturated carbocycles. The van der Waals surface area contributed by atoms with E-state index in [2.05, 4.69) is 10.1 Å². The normalized spacial score (nSPS) is 16.3. The lowest BCUT2D eigenvalue weighted by atomic mass is 10.00. The zero-order chi connectivity index (χ0) is 27.8. The fourth-order valence-electron chi connectivity index (χ4n) is 4.30. The van der Waals surface area contributed by atoms with Crippen LogP contribution in [0.3, 0.4) is 0 Å². The molecule has 38 heavy (non-hydrogen) atoms. The molecule has 11 nitrogen and oxygen atoms in total. The van der Waals surface area contributed by atoms with Crippen LogP contribution in [-0.2, 0) is 30.3 Å². The summed E-state index contributed by atoms with van der Waals surface area (Å²) in [6.45, 7) is 1.53. The number of hydrogen-bond donors (Lipinski definition) is 4. The van der Waals surface area contributed by atoms with Crippen LogP contribution in [-0.4, -0.2) is 65.9 Å². The summed E-state index contributed by atoms with van der Waals surface area (Å²) in [5, 5.41) is 3.75. The van der Waals surface area contributed by atoms with Gasteiger partial charge in [0.2, 0.25) is 17.7 Å². The molecule has 1 aliphatic heterocycles. The van der Waals surface area contributed by atoms with Gasteiger partial charge in [0, 0.05) is 13.0 Å². The first kappa shape index (κ1) is 28.2. The molecule has 1 aliphatic rings. The topological polar surface area (TPSA) is 174 Å². The Morgan fingerprint density at radius 3 is 2.29 bits per heavy atom. The number of likely N-dealkylation sites (tertiary alicyclic amines) is 1. The number of carbonyl (C=O) groups excluding carboxylic acids is 4. The van der Waals surface area contributed by atoms with Crippen molar-refractivity contribution in [3.8, 4) is 11.1 Å². The maximum absolute atomic E-state index is 13.1. The zero-order valence-corrected chi connectivity index (χ0v) is 21.6. The fraction of sp³-hybridized carbons (Fsp3) is 0.333. The van der Waals surface area contributed by atoms with Crippen LogP contribution < -0.4 is 22.6 Å². The Labute approximate surface area is 221 Å². The van der Waals surface area contributed by atoms with Crippen LogP contribution in [0.5, 0.6) is 0 Å². The molecule has 1 fully saturated rings. The van der Waals surface area contributed by atoms with E-state index in [9.17, 15) is 19.2 Å². The second-order valence-corrected chi connectivity index (χ2v) is 9.09. The van der Waals surface area contributed by atoms with Gasteiger partial charge in [0.25, 0.3) is 0 Å². The van der Waals surface area contributed by atoms with Gasteiger partial charge in [-0.05, 0) is 36.5 Å².